The van der Waals surface area contributed by atoms with Gasteiger partial charge >= 0.3 is 5.97 Å². The van der Waals surface area contributed by atoms with Crippen LogP contribution in [-0.2, 0) is 4.74 Å². The Morgan fingerprint density at radius 3 is 2.84 bits per heavy atom. The lowest BCUT2D eigenvalue weighted by Crippen LogP contribution is -2.47. The van der Waals surface area contributed by atoms with E-state index in [1.54, 1.807) is 6.92 Å². The van der Waals surface area contributed by atoms with E-state index in [4.69, 9.17) is 20.9 Å². The molecule has 0 spiro atoms. The average molecular weight is 459 g/mol. The third-order valence-electron chi connectivity index (χ3n) is 5.57. The van der Waals surface area contributed by atoms with Crippen LogP contribution in [-0.4, -0.2) is 71.9 Å². The summed E-state index contributed by atoms with van der Waals surface area (Å²) in [6, 6.07) is 6.06. The van der Waals surface area contributed by atoms with E-state index < -0.39 is 5.97 Å². The standard InChI is InChI=1S/C22H27ClN6O3/c1-3-31-22(30)19-18-20(25-14-26-21(18)32-27-19)24-7-4-8-28-9-11-29(12-10-28)17-13-16(23)6-5-15(17)2/h5-6,13-14H,3-4,7-12H2,1-2H3,(H,24,25,26). The van der Waals surface area contributed by atoms with E-state index in [1.165, 1.54) is 17.6 Å². The maximum atomic E-state index is 12.1. The van der Waals surface area contributed by atoms with Gasteiger partial charge in [0.2, 0.25) is 5.69 Å². The molecular weight excluding hydrogens is 432 g/mol. The van der Waals surface area contributed by atoms with E-state index in [0.29, 0.717) is 17.7 Å². The number of halogens is 1. The van der Waals surface area contributed by atoms with Gasteiger partial charge in [-0.05, 0) is 44.5 Å². The highest BCUT2D eigenvalue weighted by Gasteiger charge is 2.22. The first kappa shape index (κ1) is 22.3. The minimum atomic E-state index is -0.545. The second-order valence-corrected chi connectivity index (χ2v) is 8.13. The van der Waals surface area contributed by atoms with Gasteiger partial charge in [0.15, 0.2) is 0 Å². The zero-order valence-corrected chi connectivity index (χ0v) is 19.1. The number of carbonyl (C=O) groups is 1. The number of carbonyl (C=O) groups excluding carboxylic acids is 1. The molecule has 10 heteroatoms. The van der Waals surface area contributed by atoms with Crippen LogP contribution in [0, 0.1) is 6.92 Å². The van der Waals surface area contributed by atoms with E-state index in [9.17, 15) is 4.79 Å². The minimum absolute atomic E-state index is 0.0948. The number of aromatic nitrogens is 3. The molecule has 0 atom stereocenters. The second kappa shape index (κ2) is 10.1. The number of nitrogens with zero attached hydrogens (tertiary/aromatic N) is 5. The number of hydrogen-bond acceptors (Lipinski definition) is 9. The first-order chi connectivity index (χ1) is 15.6. The largest absolute Gasteiger partial charge is 0.461 e. The summed E-state index contributed by atoms with van der Waals surface area (Å²) in [5, 5.41) is 8.32. The zero-order chi connectivity index (χ0) is 22.5. The van der Waals surface area contributed by atoms with Crippen molar-refractivity contribution in [1.82, 2.24) is 20.0 Å². The van der Waals surface area contributed by atoms with Gasteiger partial charge in [-0.25, -0.2) is 9.78 Å². The Hall–Kier alpha value is -2.91. The molecule has 0 unspecified atom stereocenters. The predicted octanol–water partition coefficient (Wildman–Crippen LogP) is 3.38. The Morgan fingerprint density at radius 2 is 2.06 bits per heavy atom. The van der Waals surface area contributed by atoms with Crippen LogP contribution in [0.3, 0.4) is 0 Å². The molecule has 3 aromatic rings. The van der Waals surface area contributed by atoms with E-state index in [1.807, 2.05) is 12.1 Å². The molecule has 9 nitrogen and oxygen atoms in total. The molecule has 1 saturated heterocycles. The van der Waals surface area contributed by atoms with E-state index in [2.05, 4.69) is 43.2 Å². The first-order valence-corrected chi connectivity index (χ1v) is 11.2. The molecule has 0 aliphatic carbocycles. The molecule has 0 radical (unpaired) electrons. The number of piperazine rings is 1. The zero-order valence-electron chi connectivity index (χ0n) is 18.3. The highest BCUT2D eigenvalue weighted by atomic mass is 35.5. The van der Waals surface area contributed by atoms with Crippen molar-refractivity contribution in [1.29, 1.82) is 0 Å². The number of nitrogens with one attached hydrogen (secondary N) is 1. The van der Waals surface area contributed by atoms with Crippen LogP contribution >= 0.6 is 11.6 Å². The number of aryl methyl sites for hydroxylation is 1. The molecular formula is C22H27ClN6O3. The summed E-state index contributed by atoms with van der Waals surface area (Å²) in [5.74, 6) is -0.0162. The molecule has 3 heterocycles. The highest BCUT2D eigenvalue weighted by Crippen LogP contribution is 2.26. The highest BCUT2D eigenvalue weighted by molar-refractivity contribution is 6.30. The summed E-state index contributed by atoms with van der Waals surface area (Å²) in [4.78, 5) is 25.3. The van der Waals surface area contributed by atoms with Crippen LogP contribution in [0.15, 0.2) is 29.0 Å². The molecule has 1 N–H and O–H groups in total. The SMILES string of the molecule is CCOC(=O)c1noc2ncnc(NCCCN3CCN(c4cc(Cl)ccc4C)CC3)c12. The summed E-state index contributed by atoms with van der Waals surface area (Å²) < 4.78 is 10.2. The van der Waals surface area contributed by atoms with Gasteiger partial charge in [0.05, 0.1) is 6.61 Å². The monoisotopic (exact) mass is 458 g/mol. The average Bonchev–Trinajstić information content (AvgIpc) is 3.24. The van der Waals surface area contributed by atoms with Gasteiger partial charge in [-0.3, -0.25) is 4.90 Å². The molecule has 170 valence electrons. The van der Waals surface area contributed by atoms with Gasteiger partial charge in [-0.2, -0.15) is 4.98 Å². The van der Waals surface area contributed by atoms with Gasteiger partial charge in [0, 0.05) is 43.4 Å². The summed E-state index contributed by atoms with van der Waals surface area (Å²) in [6.45, 7) is 9.75. The van der Waals surface area contributed by atoms with Gasteiger partial charge in [0.1, 0.15) is 17.5 Å². The van der Waals surface area contributed by atoms with Crippen molar-refractivity contribution in [3.63, 3.8) is 0 Å². The summed E-state index contributed by atoms with van der Waals surface area (Å²) in [6.07, 6.45) is 2.32. The van der Waals surface area contributed by atoms with Crippen molar-refractivity contribution < 1.29 is 14.1 Å². The predicted molar refractivity (Wildman–Crippen MR) is 124 cm³/mol. The number of ether oxygens (including phenoxy) is 1. The van der Waals surface area contributed by atoms with E-state index >= 15 is 0 Å². The van der Waals surface area contributed by atoms with Crippen LogP contribution in [0.25, 0.3) is 11.1 Å². The Kier molecular flexibility index (Phi) is 7.06. The first-order valence-electron chi connectivity index (χ1n) is 10.8. The fourth-order valence-corrected chi connectivity index (χ4v) is 4.07. The van der Waals surface area contributed by atoms with Crippen molar-refractivity contribution in [3.05, 3.63) is 40.8 Å². The Balaban J connectivity index is 1.28. The van der Waals surface area contributed by atoms with Gasteiger partial charge in [0.25, 0.3) is 5.71 Å². The van der Waals surface area contributed by atoms with E-state index in [-0.39, 0.29) is 18.0 Å². The van der Waals surface area contributed by atoms with Crippen LogP contribution in [0.5, 0.6) is 0 Å². The van der Waals surface area contributed by atoms with Gasteiger partial charge in [-0.1, -0.05) is 22.8 Å². The quantitative estimate of drug-likeness (QED) is 0.402. The maximum Gasteiger partial charge on any atom is 0.361 e. The number of anilines is 2. The number of esters is 1. The Morgan fingerprint density at radius 1 is 1.25 bits per heavy atom. The lowest BCUT2D eigenvalue weighted by atomic mass is 10.1. The Labute approximate surface area is 191 Å². The minimum Gasteiger partial charge on any atom is -0.461 e. The van der Waals surface area contributed by atoms with Gasteiger partial charge in [-0.15, -0.1) is 0 Å². The molecule has 32 heavy (non-hydrogen) atoms. The normalized spacial score (nSPS) is 14.7. The number of rotatable bonds is 8. The fourth-order valence-electron chi connectivity index (χ4n) is 3.90. The molecule has 2 aromatic heterocycles. The lowest BCUT2D eigenvalue weighted by molar-refractivity contribution is 0.0517. The Bertz CT molecular complexity index is 1080. The van der Waals surface area contributed by atoms with Crippen LogP contribution in [0.2, 0.25) is 5.02 Å². The fraction of sp³-hybridized carbons (Fsp3) is 0.455. The molecule has 0 amide bonds. The number of hydrogen-bond donors (Lipinski definition) is 1. The summed E-state index contributed by atoms with van der Waals surface area (Å²) >= 11 is 6.18. The number of benzene rings is 1. The second-order valence-electron chi connectivity index (χ2n) is 7.69. The summed E-state index contributed by atoms with van der Waals surface area (Å²) in [5.41, 5.74) is 2.83. The molecule has 0 bridgehead atoms. The molecule has 0 saturated carbocycles. The van der Waals surface area contributed by atoms with Crippen LogP contribution in [0.1, 0.15) is 29.4 Å². The van der Waals surface area contributed by atoms with Crippen molar-refractivity contribution in [3.8, 4) is 0 Å². The van der Waals surface area contributed by atoms with E-state index in [0.717, 1.165) is 44.2 Å². The van der Waals surface area contributed by atoms with Crippen molar-refractivity contribution in [2.75, 3.05) is 56.1 Å². The van der Waals surface area contributed by atoms with Crippen LogP contribution < -0.4 is 10.2 Å². The molecule has 1 aliphatic rings. The molecule has 1 aliphatic heterocycles. The third-order valence-corrected chi connectivity index (χ3v) is 5.80. The van der Waals surface area contributed by atoms with Gasteiger partial charge < -0.3 is 19.5 Å². The maximum absolute atomic E-state index is 12.1. The molecule has 4 rings (SSSR count). The summed E-state index contributed by atoms with van der Waals surface area (Å²) in [7, 11) is 0. The smallest absolute Gasteiger partial charge is 0.361 e. The topological polar surface area (TPSA) is 96.6 Å². The third kappa shape index (κ3) is 4.94. The van der Waals surface area contributed by atoms with Crippen molar-refractivity contribution in [2.45, 2.75) is 20.3 Å². The lowest BCUT2D eigenvalue weighted by Gasteiger charge is -2.37. The molecule has 1 aromatic carbocycles. The van der Waals surface area contributed by atoms with Crippen molar-refractivity contribution >= 4 is 40.2 Å². The molecule has 1 fully saturated rings. The van der Waals surface area contributed by atoms with Crippen molar-refractivity contribution in [2.24, 2.45) is 0 Å². The number of fused-ring (bicyclic) bond motifs is 1. The van der Waals surface area contributed by atoms with Crippen LogP contribution in [0.4, 0.5) is 11.5 Å².